The van der Waals surface area contributed by atoms with Crippen LogP contribution in [0.1, 0.15) is 15.2 Å². The highest BCUT2D eigenvalue weighted by atomic mass is 32.2. The molecule has 0 atom stereocenters. The van der Waals surface area contributed by atoms with E-state index in [0.29, 0.717) is 5.56 Å². The fourth-order valence-corrected chi connectivity index (χ4v) is 3.19. The fourth-order valence-electron chi connectivity index (χ4n) is 1.61. The minimum atomic E-state index is -1.11. The molecule has 1 N–H and O–H groups in total. The number of thiophene rings is 1. The second kappa shape index (κ2) is 4.50. The summed E-state index contributed by atoms with van der Waals surface area (Å²) in [7, 11) is 0. The van der Waals surface area contributed by atoms with Gasteiger partial charge < -0.3 is 5.11 Å². The van der Waals surface area contributed by atoms with Gasteiger partial charge in [0.2, 0.25) is 11.8 Å². The van der Waals surface area contributed by atoms with Crippen molar-refractivity contribution in [1.29, 1.82) is 0 Å². The largest absolute Gasteiger partial charge is 0.477 e. The van der Waals surface area contributed by atoms with Gasteiger partial charge >= 0.3 is 5.97 Å². The van der Waals surface area contributed by atoms with Gasteiger partial charge in [0, 0.05) is 0 Å². The number of hydrogen-bond donors (Lipinski definition) is 1. The molecule has 1 aliphatic heterocycles. The van der Waals surface area contributed by atoms with Crippen LogP contribution in [0, 0.1) is 6.92 Å². The van der Waals surface area contributed by atoms with Gasteiger partial charge in [0.25, 0.3) is 0 Å². The summed E-state index contributed by atoms with van der Waals surface area (Å²) in [6.45, 7) is 1.70. The number of amides is 2. The Labute approximate surface area is 105 Å². The van der Waals surface area contributed by atoms with Crippen LogP contribution in [-0.4, -0.2) is 34.4 Å². The molecule has 0 unspecified atom stereocenters. The van der Waals surface area contributed by atoms with Crippen LogP contribution in [0.2, 0.25) is 0 Å². The first-order chi connectivity index (χ1) is 8.02. The highest BCUT2D eigenvalue weighted by molar-refractivity contribution is 8.00. The Balaban J connectivity index is 2.51. The van der Waals surface area contributed by atoms with Crippen molar-refractivity contribution in [2.75, 3.05) is 16.4 Å². The van der Waals surface area contributed by atoms with Crippen LogP contribution in [0.25, 0.3) is 0 Å². The Morgan fingerprint density at radius 2 is 1.94 bits per heavy atom. The minimum absolute atomic E-state index is 0.0381. The molecule has 1 aromatic rings. The Kier molecular flexibility index (Phi) is 3.21. The van der Waals surface area contributed by atoms with E-state index < -0.39 is 5.97 Å². The van der Waals surface area contributed by atoms with Crippen LogP contribution in [0.4, 0.5) is 5.69 Å². The molecule has 90 valence electrons. The molecule has 2 rings (SSSR count). The predicted octanol–water partition coefficient (Wildman–Crippen LogP) is 1.36. The monoisotopic (exact) mass is 271 g/mol. The van der Waals surface area contributed by atoms with Crippen LogP contribution >= 0.6 is 23.1 Å². The van der Waals surface area contributed by atoms with Gasteiger partial charge in [-0.1, -0.05) is 0 Å². The second-order valence-electron chi connectivity index (χ2n) is 3.52. The molecular formula is C10H9NO4S2. The van der Waals surface area contributed by atoms with Gasteiger partial charge in [-0.2, -0.15) is 0 Å². The number of carbonyl (C=O) groups excluding carboxylic acids is 2. The lowest BCUT2D eigenvalue weighted by molar-refractivity contribution is -0.124. The number of nitrogens with zero attached hydrogens (tertiary/aromatic N) is 1. The summed E-state index contributed by atoms with van der Waals surface area (Å²) in [6, 6.07) is 0. The quantitative estimate of drug-likeness (QED) is 0.822. The summed E-state index contributed by atoms with van der Waals surface area (Å²) >= 11 is 2.28. The van der Waals surface area contributed by atoms with Gasteiger partial charge in [0.15, 0.2) is 0 Å². The zero-order valence-corrected chi connectivity index (χ0v) is 10.6. The third-order valence-corrected chi connectivity index (χ3v) is 4.29. The molecule has 0 aromatic carbocycles. The number of aromatic carboxylic acids is 1. The van der Waals surface area contributed by atoms with Crippen LogP contribution in [0.5, 0.6) is 0 Å². The van der Waals surface area contributed by atoms with E-state index in [0.717, 1.165) is 16.2 Å². The van der Waals surface area contributed by atoms with Crippen molar-refractivity contribution in [1.82, 2.24) is 0 Å². The van der Waals surface area contributed by atoms with E-state index in [1.165, 1.54) is 11.8 Å². The molecular weight excluding hydrogens is 262 g/mol. The predicted molar refractivity (Wildman–Crippen MR) is 65.8 cm³/mol. The Hall–Kier alpha value is -1.34. The standard InChI is InChI=1S/C10H9NO4S2/c1-5-2-17-9(10(14)15)8(5)11-6(12)3-16-4-7(11)13/h2H,3-4H2,1H3,(H,14,15). The SMILES string of the molecule is Cc1csc(C(=O)O)c1N1C(=O)CSCC1=O. The molecule has 5 nitrogen and oxygen atoms in total. The van der Waals surface area contributed by atoms with E-state index in [1.807, 2.05) is 0 Å². The molecule has 2 heterocycles. The lowest BCUT2D eigenvalue weighted by Crippen LogP contribution is -2.43. The van der Waals surface area contributed by atoms with E-state index >= 15 is 0 Å². The average molecular weight is 271 g/mol. The fraction of sp³-hybridized carbons (Fsp3) is 0.300. The van der Waals surface area contributed by atoms with Gasteiger partial charge in [-0.15, -0.1) is 23.1 Å². The zero-order chi connectivity index (χ0) is 12.6. The maximum atomic E-state index is 11.7. The number of rotatable bonds is 2. The third-order valence-electron chi connectivity index (χ3n) is 2.31. The Morgan fingerprint density at radius 1 is 1.35 bits per heavy atom. The smallest absolute Gasteiger partial charge is 0.348 e. The average Bonchev–Trinajstić information content (AvgIpc) is 2.61. The first kappa shape index (κ1) is 12.1. The number of imide groups is 1. The molecule has 2 amide bonds. The van der Waals surface area contributed by atoms with E-state index in [1.54, 1.807) is 12.3 Å². The first-order valence-electron chi connectivity index (χ1n) is 4.77. The van der Waals surface area contributed by atoms with Crippen LogP contribution in [0.3, 0.4) is 0 Å². The van der Waals surface area contributed by atoms with Crippen LogP contribution in [-0.2, 0) is 9.59 Å². The van der Waals surface area contributed by atoms with Crippen molar-refractivity contribution in [3.8, 4) is 0 Å². The van der Waals surface area contributed by atoms with E-state index in [-0.39, 0.29) is 33.9 Å². The number of carboxylic acids is 1. The highest BCUT2D eigenvalue weighted by Gasteiger charge is 2.33. The Morgan fingerprint density at radius 3 is 2.47 bits per heavy atom. The summed E-state index contributed by atoms with van der Waals surface area (Å²) in [5.41, 5.74) is 0.874. The number of hydrogen-bond acceptors (Lipinski definition) is 5. The summed E-state index contributed by atoms with van der Waals surface area (Å²) in [5.74, 6) is -1.40. The lowest BCUT2D eigenvalue weighted by atomic mass is 10.2. The molecule has 0 aliphatic carbocycles. The van der Waals surface area contributed by atoms with Crippen molar-refractivity contribution in [2.24, 2.45) is 0 Å². The molecule has 1 fully saturated rings. The minimum Gasteiger partial charge on any atom is -0.477 e. The topological polar surface area (TPSA) is 74.7 Å². The summed E-state index contributed by atoms with van der Waals surface area (Å²) in [5, 5.41) is 10.7. The van der Waals surface area contributed by atoms with E-state index in [2.05, 4.69) is 0 Å². The number of carbonyl (C=O) groups is 3. The van der Waals surface area contributed by atoms with Gasteiger partial charge in [-0.3, -0.25) is 9.59 Å². The second-order valence-corrected chi connectivity index (χ2v) is 5.38. The van der Waals surface area contributed by atoms with Crippen LogP contribution in [0.15, 0.2) is 5.38 Å². The molecule has 0 saturated carbocycles. The number of carboxylic acid groups (broad SMARTS) is 1. The van der Waals surface area contributed by atoms with Gasteiger partial charge in [0.1, 0.15) is 4.88 Å². The molecule has 1 saturated heterocycles. The van der Waals surface area contributed by atoms with Gasteiger partial charge in [-0.05, 0) is 17.9 Å². The van der Waals surface area contributed by atoms with Crippen LogP contribution < -0.4 is 4.90 Å². The van der Waals surface area contributed by atoms with Crippen molar-refractivity contribution in [3.63, 3.8) is 0 Å². The maximum Gasteiger partial charge on any atom is 0.348 e. The van der Waals surface area contributed by atoms with Crippen molar-refractivity contribution < 1.29 is 19.5 Å². The summed E-state index contributed by atoms with van der Waals surface area (Å²) in [6.07, 6.45) is 0. The lowest BCUT2D eigenvalue weighted by Gasteiger charge is -2.25. The molecule has 0 spiro atoms. The normalized spacial score (nSPS) is 16.4. The van der Waals surface area contributed by atoms with Crippen molar-refractivity contribution in [3.05, 3.63) is 15.8 Å². The van der Waals surface area contributed by atoms with E-state index in [9.17, 15) is 14.4 Å². The Bertz CT molecular complexity index is 492. The highest BCUT2D eigenvalue weighted by Crippen LogP contribution is 2.33. The third kappa shape index (κ3) is 2.07. The number of aryl methyl sites for hydroxylation is 1. The first-order valence-corrected chi connectivity index (χ1v) is 6.80. The number of anilines is 1. The summed E-state index contributed by atoms with van der Waals surface area (Å²) < 4.78 is 0. The molecule has 17 heavy (non-hydrogen) atoms. The molecule has 7 heteroatoms. The maximum absolute atomic E-state index is 11.7. The van der Waals surface area contributed by atoms with E-state index in [4.69, 9.17) is 5.11 Å². The summed E-state index contributed by atoms with van der Waals surface area (Å²) in [4.78, 5) is 35.5. The molecule has 0 radical (unpaired) electrons. The van der Waals surface area contributed by atoms with Crippen molar-refractivity contribution in [2.45, 2.75) is 6.92 Å². The number of thioether (sulfide) groups is 1. The zero-order valence-electron chi connectivity index (χ0n) is 8.93. The molecule has 1 aliphatic rings. The molecule has 1 aromatic heterocycles. The van der Waals surface area contributed by atoms with Gasteiger partial charge in [-0.25, -0.2) is 9.69 Å². The van der Waals surface area contributed by atoms with Gasteiger partial charge in [0.05, 0.1) is 17.2 Å². The molecule has 0 bridgehead atoms. The van der Waals surface area contributed by atoms with Crippen molar-refractivity contribution >= 4 is 46.6 Å².